The first-order chi connectivity index (χ1) is 5.13. The van der Waals surface area contributed by atoms with E-state index in [9.17, 15) is 13.2 Å². The molecule has 3 heteroatoms. The highest BCUT2D eigenvalue weighted by molar-refractivity contribution is 5.30. The van der Waals surface area contributed by atoms with Crippen LogP contribution < -0.4 is 0 Å². The van der Waals surface area contributed by atoms with E-state index in [1.54, 1.807) is 0 Å². The van der Waals surface area contributed by atoms with Crippen molar-refractivity contribution in [2.75, 3.05) is 6.67 Å². The van der Waals surface area contributed by atoms with Gasteiger partial charge >= 0.3 is 0 Å². The van der Waals surface area contributed by atoms with E-state index in [-0.39, 0.29) is 5.57 Å². The Kier molecular flexibility index (Phi) is 4.34. The van der Waals surface area contributed by atoms with Crippen molar-refractivity contribution in [3.63, 3.8) is 0 Å². The van der Waals surface area contributed by atoms with Crippen molar-refractivity contribution in [1.29, 1.82) is 0 Å². The van der Waals surface area contributed by atoms with E-state index in [0.29, 0.717) is 6.08 Å². The summed E-state index contributed by atoms with van der Waals surface area (Å²) in [5.41, 5.74) is -0.224. The molecule has 0 aromatic rings. The molecule has 0 aromatic heterocycles. The molecule has 0 atom stereocenters. The molecule has 0 N–H and O–H groups in total. The molecule has 0 heterocycles. The molecule has 0 aliphatic rings. The third-order valence-electron chi connectivity index (χ3n) is 1.15. The Morgan fingerprint density at radius 1 is 1.45 bits per heavy atom. The lowest BCUT2D eigenvalue weighted by molar-refractivity contribution is 0.542. The molecule has 0 saturated carbocycles. The van der Waals surface area contributed by atoms with Crippen molar-refractivity contribution in [2.24, 2.45) is 0 Å². The van der Waals surface area contributed by atoms with Gasteiger partial charge in [-0.3, -0.25) is 0 Å². The van der Waals surface area contributed by atoms with Crippen LogP contribution in [-0.4, -0.2) is 6.67 Å². The molecule has 0 amide bonds. The topological polar surface area (TPSA) is 0 Å². The lowest BCUT2D eigenvalue weighted by Crippen LogP contribution is -1.81. The minimum Gasteiger partial charge on any atom is -0.246 e. The van der Waals surface area contributed by atoms with Crippen molar-refractivity contribution in [2.45, 2.75) is 6.92 Å². The molecule has 11 heavy (non-hydrogen) atoms. The van der Waals surface area contributed by atoms with Crippen molar-refractivity contribution in [3.8, 4) is 0 Å². The van der Waals surface area contributed by atoms with Gasteiger partial charge < -0.3 is 0 Å². The highest BCUT2D eigenvalue weighted by Gasteiger charge is 2.02. The van der Waals surface area contributed by atoms with Gasteiger partial charge in [0.15, 0.2) is 0 Å². The van der Waals surface area contributed by atoms with Gasteiger partial charge in [0.2, 0.25) is 0 Å². The standard InChI is InChI=1S/C8H9F3/c1-3-7(10)6(2)8(11)4-5-9/h3-4H,1,5H2,2H3/b7-6+,8-4+. The smallest absolute Gasteiger partial charge is 0.128 e. The summed E-state index contributed by atoms with van der Waals surface area (Å²) in [6, 6.07) is 0. The van der Waals surface area contributed by atoms with Gasteiger partial charge in [-0.15, -0.1) is 0 Å². The van der Waals surface area contributed by atoms with Crippen LogP contribution in [0.3, 0.4) is 0 Å². The van der Waals surface area contributed by atoms with Crippen LogP contribution in [-0.2, 0) is 0 Å². The second kappa shape index (κ2) is 4.77. The number of hydrogen-bond donors (Lipinski definition) is 0. The van der Waals surface area contributed by atoms with Gasteiger partial charge in [-0.1, -0.05) is 6.58 Å². The number of allylic oxidation sites excluding steroid dienone is 5. The van der Waals surface area contributed by atoms with E-state index in [1.807, 2.05) is 0 Å². The fourth-order valence-electron chi connectivity index (χ4n) is 0.488. The molecular weight excluding hydrogens is 153 g/mol. The van der Waals surface area contributed by atoms with Gasteiger partial charge in [-0.25, -0.2) is 13.2 Å². The van der Waals surface area contributed by atoms with Crippen LogP contribution in [0.1, 0.15) is 6.92 Å². The van der Waals surface area contributed by atoms with Gasteiger partial charge in [-0.2, -0.15) is 0 Å². The molecule has 0 spiro atoms. The summed E-state index contributed by atoms with van der Waals surface area (Å²) < 4.78 is 36.5. The summed E-state index contributed by atoms with van der Waals surface area (Å²) in [6.07, 6.45) is 1.54. The molecular formula is C8H9F3. The molecule has 0 rings (SSSR count). The Labute approximate surface area is 63.7 Å². The van der Waals surface area contributed by atoms with E-state index in [4.69, 9.17) is 0 Å². The minimum absolute atomic E-state index is 0.224. The first kappa shape index (κ1) is 10.0. The Bertz CT molecular complexity index is 201. The van der Waals surface area contributed by atoms with Crippen LogP contribution in [0.4, 0.5) is 13.2 Å². The first-order valence-corrected chi connectivity index (χ1v) is 3.04. The molecule has 0 aliphatic carbocycles. The fraction of sp³-hybridized carbons (Fsp3) is 0.250. The maximum atomic E-state index is 12.5. The molecule has 0 saturated heterocycles. The van der Waals surface area contributed by atoms with Crippen molar-refractivity contribution in [3.05, 3.63) is 36.0 Å². The van der Waals surface area contributed by atoms with Crippen LogP contribution in [0.5, 0.6) is 0 Å². The van der Waals surface area contributed by atoms with Crippen molar-refractivity contribution >= 4 is 0 Å². The summed E-state index contributed by atoms with van der Waals surface area (Å²) in [7, 11) is 0. The minimum atomic E-state index is -0.937. The van der Waals surface area contributed by atoms with Gasteiger partial charge in [0.05, 0.1) is 0 Å². The van der Waals surface area contributed by atoms with Gasteiger partial charge in [0.1, 0.15) is 18.3 Å². The average Bonchev–Trinajstić information content (AvgIpc) is 2.02. The second-order valence-corrected chi connectivity index (χ2v) is 1.88. The molecule has 62 valence electrons. The van der Waals surface area contributed by atoms with Crippen LogP contribution in [0.25, 0.3) is 0 Å². The zero-order chi connectivity index (χ0) is 8.85. The second-order valence-electron chi connectivity index (χ2n) is 1.88. The lowest BCUT2D eigenvalue weighted by atomic mass is 10.2. The third-order valence-corrected chi connectivity index (χ3v) is 1.15. The largest absolute Gasteiger partial charge is 0.246 e. The Morgan fingerprint density at radius 3 is 2.36 bits per heavy atom. The number of alkyl halides is 1. The third kappa shape index (κ3) is 3.07. The van der Waals surface area contributed by atoms with E-state index >= 15 is 0 Å². The zero-order valence-corrected chi connectivity index (χ0v) is 6.20. The van der Waals surface area contributed by atoms with Crippen LogP contribution in [0.2, 0.25) is 0 Å². The maximum Gasteiger partial charge on any atom is 0.128 e. The van der Waals surface area contributed by atoms with E-state index < -0.39 is 18.3 Å². The summed E-state index contributed by atoms with van der Waals surface area (Å²) in [5, 5.41) is 0. The Balaban J connectivity index is 4.59. The number of rotatable bonds is 3. The predicted molar refractivity (Wildman–Crippen MR) is 39.2 cm³/mol. The molecule has 0 nitrogen and oxygen atoms in total. The summed E-state index contributed by atoms with van der Waals surface area (Å²) in [4.78, 5) is 0. The summed E-state index contributed by atoms with van der Waals surface area (Å²) >= 11 is 0. The Morgan fingerprint density at radius 2 is 2.00 bits per heavy atom. The summed E-state index contributed by atoms with van der Waals surface area (Å²) in [6.45, 7) is 3.39. The fourth-order valence-corrected chi connectivity index (χ4v) is 0.488. The Hall–Kier alpha value is -0.990. The van der Waals surface area contributed by atoms with Gasteiger partial charge in [0, 0.05) is 5.57 Å². The monoisotopic (exact) mass is 162 g/mol. The molecule has 0 radical (unpaired) electrons. The predicted octanol–water partition coefficient (Wildman–Crippen LogP) is 3.24. The number of hydrogen-bond acceptors (Lipinski definition) is 0. The first-order valence-electron chi connectivity index (χ1n) is 3.04. The van der Waals surface area contributed by atoms with Crippen molar-refractivity contribution < 1.29 is 13.2 Å². The normalized spacial score (nSPS) is 14.4. The zero-order valence-electron chi connectivity index (χ0n) is 6.20. The summed E-state index contributed by atoms with van der Waals surface area (Å²) in [5.74, 6) is -1.66. The van der Waals surface area contributed by atoms with Crippen LogP contribution in [0, 0.1) is 0 Å². The van der Waals surface area contributed by atoms with E-state index in [0.717, 1.165) is 6.08 Å². The van der Waals surface area contributed by atoms with Gasteiger partial charge in [-0.05, 0) is 19.1 Å². The molecule has 0 aromatic carbocycles. The molecule has 0 bridgehead atoms. The highest BCUT2D eigenvalue weighted by atomic mass is 19.1. The lowest BCUT2D eigenvalue weighted by Gasteiger charge is -1.95. The van der Waals surface area contributed by atoms with Crippen molar-refractivity contribution in [1.82, 2.24) is 0 Å². The van der Waals surface area contributed by atoms with Gasteiger partial charge in [0.25, 0.3) is 0 Å². The molecule has 0 unspecified atom stereocenters. The van der Waals surface area contributed by atoms with E-state index in [2.05, 4.69) is 6.58 Å². The highest BCUT2D eigenvalue weighted by Crippen LogP contribution is 2.16. The molecule has 0 aliphatic heterocycles. The van der Waals surface area contributed by atoms with Crippen LogP contribution in [0.15, 0.2) is 36.0 Å². The molecule has 0 fully saturated rings. The van der Waals surface area contributed by atoms with Crippen LogP contribution >= 0.6 is 0 Å². The van der Waals surface area contributed by atoms with E-state index in [1.165, 1.54) is 6.92 Å². The quantitative estimate of drug-likeness (QED) is 0.559. The maximum absolute atomic E-state index is 12.5. The number of halogens is 3. The SMILES string of the molecule is C=C/C(F)=C(C)\C(F)=C/CF. The average molecular weight is 162 g/mol.